The minimum atomic E-state index is -4.30. The molecule has 4 N–H and O–H groups in total. The van der Waals surface area contributed by atoms with Crippen LogP contribution in [0.2, 0.25) is 0 Å². The predicted octanol–water partition coefficient (Wildman–Crippen LogP) is 2.27. The van der Waals surface area contributed by atoms with Crippen LogP contribution in [0.3, 0.4) is 0 Å². The van der Waals surface area contributed by atoms with Crippen LogP contribution in [0.15, 0.2) is 82.6 Å². The summed E-state index contributed by atoms with van der Waals surface area (Å²) in [7, 11) is -8.59. The molecule has 0 unspecified atom stereocenters. The van der Waals surface area contributed by atoms with Crippen molar-refractivity contribution in [2.24, 2.45) is 0 Å². The van der Waals surface area contributed by atoms with E-state index in [4.69, 9.17) is 0 Å². The number of nitrogens with one attached hydrogen (secondary N) is 2. The zero-order valence-corrected chi connectivity index (χ0v) is 17.3. The maximum atomic E-state index is 13.0. The van der Waals surface area contributed by atoms with Gasteiger partial charge in [-0.2, -0.15) is 0 Å². The van der Waals surface area contributed by atoms with Crippen molar-refractivity contribution in [3.63, 3.8) is 0 Å². The van der Waals surface area contributed by atoms with Gasteiger partial charge in [-0.1, -0.05) is 48.5 Å². The highest BCUT2D eigenvalue weighted by Gasteiger charge is 2.27. The normalized spacial score (nSPS) is 11.8. The van der Waals surface area contributed by atoms with E-state index < -0.39 is 43.1 Å². The first kappa shape index (κ1) is 21.8. The standard InChI is InChI=1S/C20H20N2O6S2/c23-13-15-7-1-3-9-17(15)21-29(25,26)19-11-5-6-12-20(19)30(27,28)22-18-10-4-2-8-16(18)14-24/h1-12,21-24H,13-14H2. The average molecular weight is 449 g/mol. The third kappa shape index (κ3) is 4.62. The summed E-state index contributed by atoms with van der Waals surface area (Å²) < 4.78 is 56.6. The Kier molecular flexibility index (Phi) is 6.42. The van der Waals surface area contributed by atoms with Crippen LogP contribution >= 0.6 is 0 Å². The monoisotopic (exact) mass is 448 g/mol. The Hall–Kier alpha value is -2.92. The molecule has 3 aromatic carbocycles. The predicted molar refractivity (Wildman–Crippen MR) is 113 cm³/mol. The molecule has 10 heteroatoms. The first-order valence-corrected chi connectivity index (χ1v) is 11.8. The third-order valence-electron chi connectivity index (χ3n) is 4.29. The molecule has 0 saturated carbocycles. The Balaban J connectivity index is 2.03. The summed E-state index contributed by atoms with van der Waals surface area (Å²) in [5.41, 5.74) is 0.976. The quantitative estimate of drug-likeness (QED) is 0.418. The summed E-state index contributed by atoms with van der Waals surface area (Å²) in [5.74, 6) is 0. The van der Waals surface area contributed by atoms with Crippen LogP contribution in [0.25, 0.3) is 0 Å². The lowest BCUT2D eigenvalue weighted by Crippen LogP contribution is -2.21. The molecule has 0 fully saturated rings. The fourth-order valence-corrected chi connectivity index (χ4v) is 5.85. The lowest BCUT2D eigenvalue weighted by molar-refractivity contribution is 0.282. The van der Waals surface area contributed by atoms with Crippen molar-refractivity contribution in [3.05, 3.63) is 83.9 Å². The molecule has 0 aliphatic heterocycles. The van der Waals surface area contributed by atoms with E-state index in [1.807, 2.05) is 0 Å². The molecule has 0 bridgehead atoms. The molecule has 0 saturated heterocycles. The molecule has 0 radical (unpaired) electrons. The summed E-state index contributed by atoms with van der Waals surface area (Å²) in [6, 6.07) is 17.7. The van der Waals surface area contributed by atoms with Crippen LogP contribution in [0.5, 0.6) is 0 Å². The molecular formula is C20H20N2O6S2. The van der Waals surface area contributed by atoms with E-state index in [0.29, 0.717) is 11.1 Å². The topological polar surface area (TPSA) is 133 Å². The third-order valence-corrected chi connectivity index (χ3v) is 7.27. The minimum absolute atomic E-state index is 0.144. The first-order valence-electron chi connectivity index (χ1n) is 8.80. The number of anilines is 2. The summed E-state index contributed by atoms with van der Waals surface area (Å²) in [4.78, 5) is -0.904. The number of hydrogen-bond acceptors (Lipinski definition) is 6. The van der Waals surface area contributed by atoms with Crippen LogP contribution in [0.4, 0.5) is 11.4 Å². The second kappa shape index (κ2) is 8.84. The second-order valence-electron chi connectivity index (χ2n) is 6.29. The van der Waals surface area contributed by atoms with Gasteiger partial charge in [-0.15, -0.1) is 0 Å². The van der Waals surface area contributed by atoms with Gasteiger partial charge in [0.2, 0.25) is 0 Å². The molecule has 0 heterocycles. The lowest BCUT2D eigenvalue weighted by atomic mass is 10.2. The van der Waals surface area contributed by atoms with Gasteiger partial charge >= 0.3 is 0 Å². The molecule has 8 nitrogen and oxygen atoms in total. The molecule has 0 aliphatic carbocycles. The van der Waals surface area contributed by atoms with Crippen LogP contribution < -0.4 is 9.44 Å². The van der Waals surface area contributed by atoms with Crippen LogP contribution in [-0.2, 0) is 33.3 Å². The van der Waals surface area contributed by atoms with E-state index in [1.54, 1.807) is 36.4 Å². The van der Waals surface area contributed by atoms with Crippen molar-refractivity contribution < 1.29 is 27.0 Å². The van der Waals surface area contributed by atoms with Crippen molar-refractivity contribution >= 4 is 31.4 Å². The van der Waals surface area contributed by atoms with Gasteiger partial charge in [-0.3, -0.25) is 9.44 Å². The van der Waals surface area contributed by atoms with Crippen molar-refractivity contribution in [2.75, 3.05) is 9.44 Å². The summed E-state index contributed by atoms with van der Waals surface area (Å²) in [5, 5.41) is 18.8. The maximum Gasteiger partial charge on any atom is 0.263 e. The molecule has 0 aromatic heterocycles. The molecule has 0 aliphatic rings. The van der Waals surface area contributed by atoms with Crippen molar-refractivity contribution in [1.29, 1.82) is 0 Å². The van der Waals surface area contributed by atoms with E-state index in [-0.39, 0.29) is 11.4 Å². The zero-order valence-electron chi connectivity index (χ0n) is 15.7. The Morgan fingerprint density at radius 3 is 1.27 bits per heavy atom. The molecule has 0 atom stereocenters. The minimum Gasteiger partial charge on any atom is -0.392 e. The number of benzene rings is 3. The smallest absolute Gasteiger partial charge is 0.263 e. The van der Waals surface area contributed by atoms with Gasteiger partial charge in [0, 0.05) is 11.1 Å². The van der Waals surface area contributed by atoms with Crippen LogP contribution in [-0.4, -0.2) is 27.0 Å². The molecule has 0 spiro atoms. The van der Waals surface area contributed by atoms with Gasteiger partial charge in [0.25, 0.3) is 20.0 Å². The number of rotatable bonds is 8. The lowest BCUT2D eigenvalue weighted by Gasteiger charge is -2.16. The zero-order chi connectivity index (χ0) is 21.8. The molecule has 3 rings (SSSR count). The first-order chi connectivity index (χ1) is 14.3. The molecular weight excluding hydrogens is 428 g/mol. The highest BCUT2D eigenvalue weighted by atomic mass is 32.2. The molecule has 30 heavy (non-hydrogen) atoms. The van der Waals surface area contributed by atoms with Gasteiger partial charge in [0.05, 0.1) is 24.6 Å². The Labute approximate surface area is 174 Å². The van der Waals surface area contributed by atoms with Crippen LogP contribution in [0, 0.1) is 0 Å². The van der Waals surface area contributed by atoms with Gasteiger partial charge in [-0.05, 0) is 24.3 Å². The second-order valence-corrected chi connectivity index (χ2v) is 9.59. The summed E-state index contributed by atoms with van der Waals surface area (Å²) in [6.07, 6.45) is 0. The number of sulfonamides is 2. The Morgan fingerprint density at radius 2 is 0.900 bits per heavy atom. The SMILES string of the molecule is O=S(=O)(Nc1ccccc1CO)c1ccccc1S(=O)(=O)Nc1ccccc1CO. The molecule has 158 valence electrons. The van der Waals surface area contributed by atoms with Crippen molar-refractivity contribution in [1.82, 2.24) is 0 Å². The van der Waals surface area contributed by atoms with E-state index in [0.717, 1.165) is 0 Å². The number of aliphatic hydroxyl groups is 2. The van der Waals surface area contributed by atoms with Crippen molar-refractivity contribution in [3.8, 4) is 0 Å². The highest BCUT2D eigenvalue weighted by Crippen LogP contribution is 2.27. The van der Waals surface area contributed by atoms with Gasteiger partial charge < -0.3 is 10.2 Å². The molecule has 0 amide bonds. The fraction of sp³-hybridized carbons (Fsp3) is 0.100. The number of aliphatic hydroxyl groups excluding tert-OH is 2. The van der Waals surface area contributed by atoms with E-state index in [9.17, 15) is 27.0 Å². The average Bonchev–Trinajstić information content (AvgIpc) is 2.74. The largest absolute Gasteiger partial charge is 0.392 e. The fourth-order valence-electron chi connectivity index (χ4n) is 2.81. The Bertz CT molecular complexity index is 1160. The maximum absolute atomic E-state index is 13.0. The van der Waals surface area contributed by atoms with Gasteiger partial charge in [-0.25, -0.2) is 16.8 Å². The summed E-state index contributed by atoms with van der Waals surface area (Å²) in [6.45, 7) is -0.781. The van der Waals surface area contributed by atoms with E-state index in [2.05, 4.69) is 9.44 Å². The molecule has 3 aromatic rings. The van der Waals surface area contributed by atoms with Crippen LogP contribution in [0.1, 0.15) is 11.1 Å². The van der Waals surface area contributed by atoms with E-state index in [1.165, 1.54) is 36.4 Å². The van der Waals surface area contributed by atoms with Gasteiger partial charge in [0.1, 0.15) is 9.79 Å². The summed E-state index contributed by atoms with van der Waals surface area (Å²) >= 11 is 0. The highest BCUT2D eigenvalue weighted by molar-refractivity contribution is 7.95. The number of para-hydroxylation sites is 2. The van der Waals surface area contributed by atoms with Gasteiger partial charge in [0.15, 0.2) is 0 Å². The van der Waals surface area contributed by atoms with E-state index >= 15 is 0 Å². The Morgan fingerprint density at radius 1 is 0.567 bits per heavy atom. The number of hydrogen-bond donors (Lipinski definition) is 4. The van der Waals surface area contributed by atoms with Crippen molar-refractivity contribution in [2.45, 2.75) is 23.0 Å².